The van der Waals surface area contributed by atoms with E-state index in [2.05, 4.69) is 5.16 Å². The fourth-order valence-corrected chi connectivity index (χ4v) is 3.18. The number of rotatable bonds is 3. The molecule has 4 nitrogen and oxygen atoms in total. The third-order valence-electron chi connectivity index (χ3n) is 4.51. The predicted molar refractivity (Wildman–Crippen MR) is 77.9 cm³/mol. The van der Waals surface area contributed by atoms with Gasteiger partial charge in [0.15, 0.2) is 5.69 Å². The molecule has 2 heterocycles. The van der Waals surface area contributed by atoms with Gasteiger partial charge in [-0.25, -0.2) is 4.39 Å². The second kappa shape index (κ2) is 5.23. The molecule has 1 amide bonds. The average molecular weight is 300 g/mol. The van der Waals surface area contributed by atoms with Crippen molar-refractivity contribution in [3.05, 3.63) is 53.2 Å². The molecule has 1 atom stereocenters. The van der Waals surface area contributed by atoms with Gasteiger partial charge in [-0.3, -0.25) is 4.79 Å². The lowest BCUT2D eigenvalue weighted by molar-refractivity contribution is 0.0723. The zero-order valence-electron chi connectivity index (χ0n) is 12.2. The number of hydrogen-bond donors (Lipinski definition) is 0. The number of amides is 1. The molecule has 1 aromatic heterocycles. The van der Waals surface area contributed by atoms with Crippen molar-refractivity contribution in [2.24, 2.45) is 0 Å². The van der Waals surface area contributed by atoms with E-state index in [9.17, 15) is 9.18 Å². The van der Waals surface area contributed by atoms with E-state index in [1.165, 1.54) is 6.07 Å². The normalized spacial score (nSPS) is 21.3. The number of aromatic nitrogens is 1. The van der Waals surface area contributed by atoms with Crippen LogP contribution in [0.4, 0.5) is 4.39 Å². The van der Waals surface area contributed by atoms with Crippen LogP contribution in [0.15, 0.2) is 34.9 Å². The summed E-state index contributed by atoms with van der Waals surface area (Å²) in [5.41, 5.74) is 0.921. The largest absolute Gasteiger partial charge is 0.360 e. The Hall–Kier alpha value is -2.17. The van der Waals surface area contributed by atoms with E-state index in [4.69, 9.17) is 4.52 Å². The third-order valence-corrected chi connectivity index (χ3v) is 4.51. The van der Waals surface area contributed by atoms with E-state index in [1.807, 2.05) is 0 Å². The fourth-order valence-electron chi connectivity index (χ4n) is 3.18. The molecule has 5 heteroatoms. The fraction of sp³-hybridized carbons (Fsp3) is 0.412. The van der Waals surface area contributed by atoms with E-state index in [-0.39, 0.29) is 17.8 Å². The van der Waals surface area contributed by atoms with Crippen molar-refractivity contribution >= 4 is 5.91 Å². The van der Waals surface area contributed by atoms with Crippen LogP contribution in [0.5, 0.6) is 0 Å². The van der Waals surface area contributed by atoms with Gasteiger partial charge in [0.25, 0.3) is 5.91 Å². The minimum Gasteiger partial charge on any atom is -0.360 e. The summed E-state index contributed by atoms with van der Waals surface area (Å²) in [4.78, 5) is 14.4. The molecular formula is C17H17FN2O2. The molecule has 22 heavy (non-hydrogen) atoms. The summed E-state index contributed by atoms with van der Waals surface area (Å²) in [5.74, 6) is 0.799. The Morgan fingerprint density at radius 3 is 2.86 bits per heavy atom. The quantitative estimate of drug-likeness (QED) is 0.869. The summed E-state index contributed by atoms with van der Waals surface area (Å²) in [7, 11) is 0. The molecule has 4 rings (SSSR count). The van der Waals surface area contributed by atoms with Crippen LogP contribution in [-0.4, -0.2) is 22.5 Å². The molecular weight excluding hydrogens is 283 g/mol. The van der Waals surface area contributed by atoms with E-state index < -0.39 is 0 Å². The lowest BCUT2D eigenvalue weighted by Crippen LogP contribution is -2.31. The molecule has 1 aromatic carbocycles. The summed E-state index contributed by atoms with van der Waals surface area (Å²) < 4.78 is 19.3. The molecule has 0 spiro atoms. The van der Waals surface area contributed by atoms with Crippen molar-refractivity contribution < 1.29 is 13.7 Å². The van der Waals surface area contributed by atoms with Gasteiger partial charge in [0, 0.05) is 24.1 Å². The number of halogens is 1. The molecule has 114 valence electrons. The minimum atomic E-state index is -0.258. The molecule has 1 saturated heterocycles. The maximum absolute atomic E-state index is 14.0. The lowest BCUT2D eigenvalue weighted by Gasteiger charge is -2.24. The molecule has 2 aromatic rings. The first-order chi connectivity index (χ1) is 10.7. The Balaban J connectivity index is 1.59. The summed E-state index contributed by atoms with van der Waals surface area (Å²) >= 11 is 0. The van der Waals surface area contributed by atoms with Crippen LogP contribution in [0.25, 0.3) is 0 Å². The Bertz CT molecular complexity index is 708. The number of carbonyl (C=O) groups is 1. The zero-order chi connectivity index (χ0) is 15.1. The van der Waals surface area contributed by atoms with Crippen LogP contribution < -0.4 is 0 Å². The van der Waals surface area contributed by atoms with Gasteiger partial charge in [-0.15, -0.1) is 0 Å². The Morgan fingerprint density at radius 1 is 1.27 bits per heavy atom. The average Bonchev–Trinajstić information content (AvgIpc) is 3.08. The standard InChI is InChI=1S/C17H17FN2O2/c18-13-5-2-1-4-12(13)15-6-3-9-20(15)17(21)14-10-16(22-19-14)11-7-8-11/h1-2,4-5,10-11,15H,3,6-9H2. The highest BCUT2D eigenvalue weighted by Crippen LogP contribution is 2.40. The molecule has 0 bridgehead atoms. The zero-order valence-corrected chi connectivity index (χ0v) is 12.2. The molecule has 1 aliphatic heterocycles. The first-order valence-corrected chi connectivity index (χ1v) is 7.76. The first-order valence-electron chi connectivity index (χ1n) is 7.76. The van der Waals surface area contributed by atoms with Gasteiger partial charge in [0.2, 0.25) is 0 Å². The van der Waals surface area contributed by atoms with Gasteiger partial charge in [-0.1, -0.05) is 23.4 Å². The van der Waals surface area contributed by atoms with E-state index in [1.54, 1.807) is 29.2 Å². The van der Waals surface area contributed by atoms with Crippen LogP contribution in [0.3, 0.4) is 0 Å². The summed E-state index contributed by atoms with van der Waals surface area (Å²) in [6.07, 6.45) is 3.85. The Morgan fingerprint density at radius 2 is 2.09 bits per heavy atom. The monoisotopic (exact) mass is 300 g/mol. The number of benzene rings is 1. The van der Waals surface area contributed by atoms with Gasteiger partial charge >= 0.3 is 0 Å². The van der Waals surface area contributed by atoms with Crippen molar-refractivity contribution in [3.8, 4) is 0 Å². The smallest absolute Gasteiger partial charge is 0.276 e. The molecule has 0 radical (unpaired) electrons. The topological polar surface area (TPSA) is 46.3 Å². The highest BCUT2D eigenvalue weighted by atomic mass is 19.1. The van der Waals surface area contributed by atoms with Crippen LogP contribution in [-0.2, 0) is 0 Å². The second-order valence-corrected chi connectivity index (χ2v) is 6.07. The van der Waals surface area contributed by atoms with Crippen molar-refractivity contribution in [3.63, 3.8) is 0 Å². The summed E-state index contributed by atoms with van der Waals surface area (Å²) in [6.45, 7) is 0.628. The molecule has 1 unspecified atom stereocenters. The van der Waals surface area contributed by atoms with Crippen LogP contribution in [0.2, 0.25) is 0 Å². The third kappa shape index (κ3) is 2.30. The Labute approximate surface area is 127 Å². The van der Waals surface area contributed by atoms with E-state index >= 15 is 0 Å². The second-order valence-electron chi connectivity index (χ2n) is 6.07. The van der Waals surface area contributed by atoms with Crippen molar-refractivity contribution in [2.45, 2.75) is 37.6 Å². The minimum absolute atomic E-state index is 0.165. The Kier molecular flexibility index (Phi) is 3.21. The summed E-state index contributed by atoms with van der Waals surface area (Å²) in [5, 5.41) is 3.91. The SMILES string of the molecule is O=C(c1cc(C2CC2)on1)N1CCCC1c1ccccc1F. The maximum Gasteiger partial charge on any atom is 0.276 e. The van der Waals surface area contributed by atoms with Gasteiger partial charge in [-0.05, 0) is 31.7 Å². The molecule has 0 N–H and O–H groups in total. The number of likely N-dealkylation sites (tertiary alicyclic amines) is 1. The maximum atomic E-state index is 14.0. The van der Waals surface area contributed by atoms with E-state index in [0.29, 0.717) is 23.7 Å². The van der Waals surface area contributed by atoms with E-state index in [0.717, 1.165) is 31.4 Å². The number of hydrogen-bond acceptors (Lipinski definition) is 3. The molecule has 1 saturated carbocycles. The van der Waals surface area contributed by atoms with Gasteiger partial charge in [0.1, 0.15) is 11.6 Å². The molecule has 1 aliphatic carbocycles. The van der Waals surface area contributed by atoms with Crippen molar-refractivity contribution in [2.75, 3.05) is 6.54 Å². The molecule has 2 fully saturated rings. The predicted octanol–water partition coefficient (Wildman–Crippen LogP) is 3.67. The van der Waals surface area contributed by atoms with Crippen molar-refractivity contribution in [1.29, 1.82) is 0 Å². The highest BCUT2D eigenvalue weighted by Gasteiger charge is 2.35. The highest BCUT2D eigenvalue weighted by molar-refractivity contribution is 5.92. The summed E-state index contributed by atoms with van der Waals surface area (Å²) in [6, 6.07) is 8.20. The number of carbonyl (C=O) groups excluding carboxylic acids is 1. The first kappa shape index (κ1) is 13.5. The van der Waals surface area contributed by atoms with Crippen molar-refractivity contribution in [1.82, 2.24) is 10.1 Å². The van der Waals surface area contributed by atoms with Crippen LogP contribution in [0, 0.1) is 5.82 Å². The van der Waals surface area contributed by atoms with Gasteiger partial charge in [0.05, 0.1) is 6.04 Å². The van der Waals surface area contributed by atoms with Crippen LogP contribution in [0.1, 0.15) is 59.5 Å². The van der Waals surface area contributed by atoms with Crippen LogP contribution >= 0.6 is 0 Å². The number of nitrogens with zero attached hydrogens (tertiary/aromatic N) is 2. The lowest BCUT2D eigenvalue weighted by atomic mass is 10.0. The van der Waals surface area contributed by atoms with Gasteiger partial charge < -0.3 is 9.42 Å². The van der Waals surface area contributed by atoms with Gasteiger partial charge in [-0.2, -0.15) is 0 Å². The molecule has 2 aliphatic rings.